The van der Waals surface area contributed by atoms with Gasteiger partial charge in [0.1, 0.15) is 0 Å². The molecule has 8 heteroatoms. The van der Waals surface area contributed by atoms with Crippen LogP contribution in [-0.2, 0) is 6.18 Å². The van der Waals surface area contributed by atoms with Crippen LogP contribution in [0.1, 0.15) is 24.8 Å². The Balaban J connectivity index is 2.32. The first-order valence-electron chi connectivity index (χ1n) is 6.48. The van der Waals surface area contributed by atoms with E-state index < -0.39 is 22.4 Å². The Morgan fingerprint density at radius 1 is 1.38 bits per heavy atom. The number of nitrogens with one attached hydrogen (secondary N) is 1. The summed E-state index contributed by atoms with van der Waals surface area (Å²) in [5.41, 5.74) is -1.62. The zero-order valence-corrected chi connectivity index (χ0v) is 12.1. The third-order valence-electron chi connectivity index (χ3n) is 3.62. The van der Waals surface area contributed by atoms with E-state index in [2.05, 4.69) is 5.32 Å². The highest BCUT2D eigenvalue weighted by Crippen LogP contribution is 2.39. The summed E-state index contributed by atoms with van der Waals surface area (Å²) >= 11 is 1.63. The molecular weight excluding hydrogens is 305 g/mol. The Morgan fingerprint density at radius 2 is 2.10 bits per heavy atom. The molecular formula is C13H15F3N2O2S. The van der Waals surface area contributed by atoms with Crippen LogP contribution >= 0.6 is 11.8 Å². The van der Waals surface area contributed by atoms with Crippen molar-refractivity contribution in [3.63, 3.8) is 0 Å². The summed E-state index contributed by atoms with van der Waals surface area (Å²) in [6.07, 6.45) is 0.0530. The minimum Gasteiger partial charge on any atom is -0.381 e. The van der Waals surface area contributed by atoms with E-state index >= 15 is 0 Å². The van der Waals surface area contributed by atoms with Gasteiger partial charge in [-0.05, 0) is 25.2 Å². The predicted octanol–water partition coefficient (Wildman–Crippen LogP) is 4.31. The van der Waals surface area contributed by atoms with Gasteiger partial charge < -0.3 is 5.32 Å². The second-order valence-electron chi connectivity index (χ2n) is 4.94. The quantitative estimate of drug-likeness (QED) is 0.663. The van der Waals surface area contributed by atoms with Gasteiger partial charge in [-0.15, -0.1) is 0 Å². The highest BCUT2D eigenvalue weighted by molar-refractivity contribution is 7.99. The lowest BCUT2D eigenvalue weighted by molar-refractivity contribution is -0.385. The van der Waals surface area contributed by atoms with E-state index in [9.17, 15) is 23.3 Å². The van der Waals surface area contributed by atoms with Crippen molar-refractivity contribution in [1.29, 1.82) is 0 Å². The van der Waals surface area contributed by atoms with Crippen molar-refractivity contribution in [2.24, 2.45) is 0 Å². The Morgan fingerprint density at radius 3 is 2.67 bits per heavy atom. The molecule has 1 N–H and O–H groups in total. The molecule has 1 fully saturated rings. The van der Waals surface area contributed by atoms with Gasteiger partial charge in [0.2, 0.25) is 0 Å². The lowest BCUT2D eigenvalue weighted by Crippen LogP contribution is -2.27. The van der Waals surface area contributed by atoms with Gasteiger partial charge in [-0.25, -0.2) is 0 Å². The van der Waals surface area contributed by atoms with Crippen LogP contribution in [0.5, 0.6) is 0 Å². The monoisotopic (exact) mass is 320 g/mol. The number of thioether (sulfide) groups is 1. The number of nitrogens with zero attached hydrogens (tertiary/aromatic N) is 1. The molecule has 0 radical (unpaired) electrons. The molecule has 1 saturated carbocycles. The lowest BCUT2D eigenvalue weighted by atomic mass is 10.1. The van der Waals surface area contributed by atoms with Gasteiger partial charge in [0.15, 0.2) is 0 Å². The summed E-state index contributed by atoms with van der Waals surface area (Å²) in [4.78, 5) is 9.83. The van der Waals surface area contributed by atoms with Crippen molar-refractivity contribution < 1.29 is 18.1 Å². The summed E-state index contributed by atoms with van der Waals surface area (Å²) in [7, 11) is 0. The summed E-state index contributed by atoms with van der Waals surface area (Å²) < 4.78 is 39.2. The van der Waals surface area contributed by atoms with Crippen molar-refractivity contribution >= 4 is 23.1 Å². The van der Waals surface area contributed by atoms with Crippen LogP contribution in [0.25, 0.3) is 0 Å². The van der Waals surface area contributed by atoms with Crippen LogP contribution < -0.4 is 5.32 Å². The molecule has 0 spiro atoms. The number of rotatable bonds is 4. The number of nitro groups is 1. The fourth-order valence-electron chi connectivity index (χ4n) is 2.58. The SMILES string of the molecule is CSC1CCCC1Nc1ccc([N+](=O)[O-])cc1C(F)(F)F. The van der Waals surface area contributed by atoms with Crippen molar-refractivity contribution in [1.82, 2.24) is 0 Å². The van der Waals surface area contributed by atoms with E-state index in [1.54, 1.807) is 11.8 Å². The Kier molecular flexibility index (Phi) is 4.65. The maximum atomic E-state index is 13.1. The van der Waals surface area contributed by atoms with Crippen LogP contribution in [0.3, 0.4) is 0 Å². The number of nitro benzene ring substituents is 1. The van der Waals surface area contributed by atoms with Gasteiger partial charge in [-0.1, -0.05) is 6.42 Å². The highest BCUT2D eigenvalue weighted by atomic mass is 32.2. The minimum atomic E-state index is -4.62. The smallest absolute Gasteiger partial charge is 0.381 e. The van der Waals surface area contributed by atoms with Crippen LogP contribution in [0.2, 0.25) is 0 Å². The summed E-state index contributed by atoms with van der Waals surface area (Å²) in [6, 6.07) is 2.80. The van der Waals surface area contributed by atoms with Crippen molar-refractivity contribution in [2.45, 2.75) is 36.7 Å². The summed E-state index contributed by atoms with van der Waals surface area (Å²) in [5.74, 6) is 0. The summed E-state index contributed by atoms with van der Waals surface area (Å²) in [6.45, 7) is 0. The van der Waals surface area contributed by atoms with Crippen LogP contribution in [0.4, 0.5) is 24.5 Å². The fourth-order valence-corrected chi connectivity index (χ4v) is 3.51. The van der Waals surface area contributed by atoms with Gasteiger partial charge in [0.05, 0.1) is 10.5 Å². The second-order valence-corrected chi connectivity index (χ2v) is 6.02. The Hall–Kier alpha value is -1.44. The topological polar surface area (TPSA) is 55.2 Å². The maximum absolute atomic E-state index is 13.1. The minimum absolute atomic E-state index is 0.0393. The van der Waals surface area contributed by atoms with E-state index in [4.69, 9.17) is 0 Å². The number of benzene rings is 1. The zero-order valence-electron chi connectivity index (χ0n) is 11.3. The first-order chi connectivity index (χ1) is 9.82. The van der Waals surface area contributed by atoms with Gasteiger partial charge in [-0.3, -0.25) is 10.1 Å². The third kappa shape index (κ3) is 3.61. The number of hydrogen-bond acceptors (Lipinski definition) is 4. The zero-order chi connectivity index (χ0) is 15.6. The van der Waals surface area contributed by atoms with Crippen LogP contribution in [0.15, 0.2) is 18.2 Å². The van der Waals surface area contributed by atoms with Gasteiger partial charge in [-0.2, -0.15) is 24.9 Å². The first kappa shape index (κ1) is 15.9. The molecule has 0 saturated heterocycles. The molecule has 0 amide bonds. The molecule has 1 aromatic rings. The molecule has 0 aliphatic heterocycles. The average molecular weight is 320 g/mol. The van der Waals surface area contributed by atoms with Crippen LogP contribution in [-0.4, -0.2) is 22.5 Å². The van der Waals surface area contributed by atoms with Gasteiger partial charge in [0, 0.05) is 29.1 Å². The van der Waals surface area contributed by atoms with Gasteiger partial charge in [0.25, 0.3) is 5.69 Å². The highest BCUT2D eigenvalue weighted by Gasteiger charge is 2.36. The Bertz CT molecular complexity index is 537. The van der Waals surface area contributed by atoms with E-state index in [0.717, 1.165) is 31.4 Å². The molecule has 2 rings (SSSR count). The van der Waals surface area contributed by atoms with Crippen molar-refractivity contribution in [2.75, 3.05) is 11.6 Å². The van der Waals surface area contributed by atoms with Crippen LogP contribution in [0, 0.1) is 10.1 Å². The van der Waals surface area contributed by atoms with E-state index in [1.807, 2.05) is 6.26 Å². The predicted molar refractivity (Wildman–Crippen MR) is 76.7 cm³/mol. The molecule has 116 valence electrons. The standard InChI is InChI=1S/C13H15F3N2O2S/c1-21-12-4-2-3-11(12)17-10-6-5-8(18(19)20)7-9(10)13(14,15)16/h5-7,11-12,17H,2-4H2,1H3. The van der Waals surface area contributed by atoms with Gasteiger partial charge >= 0.3 is 6.18 Å². The molecule has 21 heavy (non-hydrogen) atoms. The van der Waals surface area contributed by atoms with E-state index in [0.29, 0.717) is 6.07 Å². The second kappa shape index (κ2) is 6.13. The van der Waals surface area contributed by atoms with Crippen molar-refractivity contribution in [3.8, 4) is 0 Å². The van der Waals surface area contributed by atoms with E-state index in [-0.39, 0.29) is 17.0 Å². The number of halogens is 3. The van der Waals surface area contributed by atoms with Crippen molar-refractivity contribution in [3.05, 3.63) is 33.9 Å². The Labute approximate surface area is 124 Å². The molecule has 0 heterocycles. The number of hydrogen-bond donors (Lipinski definition) is 1. The average Bonchev–Trinajstić information content (AvgIpc) is 2.85. The summed E-state index contributed by atoms with van der Waals surface area (Å²) in [5, 5.41) is 13.8. The third-order valence-corrected chi connectivity index (χ3v) is 4.79. The fraction of sp³-hybridized carbons (Fsp3) is 0.538. The molecule has 0 bridgehead atoms. The first-order valence-corrected chi connectivity index (χ1v) is 7.76. The largest absolute Gasteiger partial charge is 0.418 e. The lowest BCUT2D eigenvalue weighted by Gasteiger charge is -2.22. The normalized spacial score (nSPS) is 22.3. The molecule has 1 aliphatic rings. The van der Waals surface area contributed by atoms with E-state index in [1.165, 1.54) is 0 Å². The molecule has 1 aromatic carbocycles. The molecule has 2 unspecified atom stereocenters. The number of alkyl halides is 3. The molecule has 4 nitrogen and oxygen atoms in total. The maximum Gasteiger partial charge on any atom is 0.418 e. The molecule has 2 atom stereocenters. The molecule has 1 aliphatic carbocycles. The molecule has 0 aromatic heterocycles. The number of non-ortho nitro benzene ring substituents is 1. The number of anilines is 1.